The van der Waals surface area contributed by atoms with E-state index in [0.717, 1.165) is 15.0 Å². The molecule has 0 aliphatic heterocycles. The zero-order valence-corrected chi connectivity index (χ0v) is 9.81. The van der Waals surface area contributed by atoms with Gasteiger partial charge in [-0.05, 0) is 35.3 Å². The molecule has 0 aliphatic carbocycles. The van der Waals surface area contributed by atoms with Crippen LogP contribution in [0.5, 0.6) is 0 Å². The Balaban J connectivity index is 2.34. The van der Waals surface area contributed by atoms with E-state index in [1.165, 1.54) is 17.1 Å². The molecule has 2 aromatic rings. The molecule has 0 amide bonds. The van der Waals surface area contributed by atoms with Crippen molar-refractivity contribution in [3.05, 3.63) is 40.5 Å². The number of rotatable bonds is 2. The Morgan fingerprint density at radius 2 is 2.00 bits per heavy atom. The van der Waals surface area contributed by atoms with Crippen molar-refractivity contribution in [2.45, 2.75) is 6.54 Å². The normalized spacial score (nSPS) is 10.4. The fraction of sp³-hybridized carbons (Fsp3) is 0.100. The summed E-state index contributed by atoms with van der Waals surface area (Å²) in [4.78, 5) is 1.16. The Morgan fingerprint density at radius 3 is 2.57 bits per heavy atom. The molecule has 2 nitrogen and oxygen atoms in total. The predicted molar refractivity (Wildman–Crippen MR) is 63.1 cm³/mol. The quantitative estimate of drug-likeness (QED) is 0.910. The molecule has 2 rings (SSSR count). The SMILES string of the molecule is NCc1cc(-c2ccc(Br)cc2)sn1. The van der Waals surface area contributed by atoms with Crippen molar-refractivity contribution >= 4 is 27.5 Å². The van der Waals surface area contributed by atoms with E-state index in [2.05, 4.69) is 32.4 Å². The third-order valence-electron chi connectivity index (χ3n) is 1.90. The fourth-order valence-electron chi connectivity index (χ4n) is 1.16. The second-order valence-corrected chi connectivity index (χ2v) is 4.61. The van der Waals surface area contributed by atoms with Crippen LogP contribution in [0, 0.1) is 0 Å². The van der Waals surface area contributed by atoms with Crippen molar-refractivity contribution in [3.8, 4) is 10.4 Å². The molecular formula is C10H9BrN2S. The minimum absolute atomic E-state index is 0.507. The van der Waals surface area contributed by atoms with Crippen LogP contribution in [0.2, 0.25) is 0 Å². The smallest absolute Gasteiger partial charge is 0.0684 e. The van der Waals surface area contributed by atoms with Crippen LogP contribution < -0.4 is 5.73 Å². The molecule has 1 aromatic carbocycles. The first-order valence-electron chi connectivity index (χ1n) is 4.21. The monoisotopic (exact) mass is 268 g/mol. The van der Waals surface area contributed by atoms with E-state index in [1.807, 2.05) is 18.2 Å². The van der Waals surface area contributed by atoms with Crippen LogP contribution in [0.15, 0.2) is 34.8 Å². The maximum Gasteiger partial charge on any atom is 0.0684 e. The predicted octanol–water partition coefficient (Wildman–Crippen LogP) is 3.03. The van der Waals surface area contributed by atoms with Gasteiger partial charge in [0.2, 0.25) is 0 Å². The van der Waals surface area contributed by atoms with Crippen LogP contribution in [0.4, 0.5) is 0 Å². The summed E-state index contributed by atoms with van der Waals surface area (Å²) in [5.41, 5.74) is 7.64. The lowest BCUT2D eigenvalue weighted by molar-refractivity contribution is 1.03. The molecular weight excluding hydrogens is 260 g/mol. The van der Waals surface area contributed by atoms with E-state index >= 15 is 0 Å². The molecule has 1 aromatic heterocycles. The molecule has 14 heavy (non-hydrogen) atoms. The average Bonchev–Trinajstić information content (AvgIpc) is 2.67. The average molecular weight is 269 g/mol. The largest absolute Gasteiger partial charge is 0.325 e. The van der Waals surface area contributed by atoms with E-state index in [-0.39, 0.29) is 0 Å². The van der Waals surface area contributed by atoms with Crippen LogP contribution in [0.3, 0.4) is 0 Å². The highest BCUT2D eigenvalue weighted by Gasteiger charge is 2.02. The Kier molecular flexibility index (Phi) is 2.96. The Hall–Kier alpha value is -0.710. The van der Waals surface area contributed by atoms with Crippen molar-refractivity contribution in [2.75, 3.05) is 0 Å². The second-order valence-electron chi connectivity index (χ2n) is 2.89. The molecule has 0 unspecified atom stereocenters. The van der Waals surface area contributed by atoms with Gasteiger partial charge in [0.1, 0.15) is 0 Å². The summed E-state index contributed by atoms with van der Waals surface area (Å²) in [6.45, 7) is 0.507. The van der Waals surface area contributed by atoms with Crippen LogP contribution >= 0.6 is 27.5 Å². The molecule has 0 saturated heterocycles. The van der Waals surface area contributed by atoms with E-state index in [0.29, 0.717) is 6.54 Å². The van der Waals surface area contributed by atoms with Gasteiger partial charge in [0.15, 0.2) is 0 Å². The van der Waals surface area contributed by atoms with E-state index in [1.54, 1.807) is 0 Å². The van der Waals surface area contributed by atoms with Crippen molar-refractivity contribution in [3.63, 3.8) is 0 Å². The van der Waals surface area contributed by atoms with Crippen molar-refractivity contribution in [1.82, 2.24) is 4.37 Å². The molecule has 72 valence electrons. The fourth-order valence-corrected chi connectivity index (χ4v) is 2.20. The lowest BCUT2D eigenvalue weighted by Crippen LogP contribution is -1.94. The minimum Gasteiger partial charge on any atom is -0.325 e. The highest BCUT2D eigenvalue weighted by molar-refractivity contribution is 9.10. The van der Waals surface area contributed by atoms with Gasteiger partial charge in [-0.2, -0.15) is 4.37 Å². The van der Waals surface area contributed by atoms with Gasteiger partial charge in [-0.15, -0.1) is 0 Å². The molecule has 0 atom stereocenters. The number of halogens is 1. The molecule has 0 radical (unpaired) electrons. The van der Waals surface area contributed by atoms with E-state index in [9.17, 15) is 0 Å². The number of nitrogens with zero attached hydrogens (tertiary/aromatic N) is 1. The molecule has 1 heterocycles. The number of aromatic nitrogens is 1. The molecule has 0 fully saturated rings. The van der Waals surface area contributed by atoms with Crippen LogP contribution in [-0.2, 0) is 6.54 Å². The van der Waals surface area contributed by atoms with Gasteiger partial charge in [-0.25, -0.2) is 0 Å². The van der Waals surface area contributed by atoms with Gasteiger partial charge in [0.25, 0.3) is 0 Å². The first-order chi connectivity index (χ1) is 6.79. The van der Waals surface area contributed by atoms with E-state index in [4.69, 9.17) is 5.73 Å². The van der Waals surface area contributed by atoms with Crippen LogP contribution in [0.1, 0.15) is 5.69 Å². The summed E-state index contributed by atoms with van der Waals surface area (Å²) < 4.78 is 5.33. The van der Waals surface area contributed by atoms with E-state index < -0.39 is 0 Å². The topological polar surface area (TPSA) is 38.9 Å². The van der Waals surface area contributed by atoms with Gasteiger partial charge in [0.05, 0.1) is 10.6 Å². The molecule has 0 aliphatic rings. The number of benzene rings is 1. The summed E-state index contributed by atoms with van der Waals surface area (Å²) in [7, 11) is 0. The lowest BCUT2D eigenvalue weighted by atomic mass is 10.2. The third-order valence-corrected chi connectivity index (χ3v) is 3.30. The summed E-state index contributed by atoms with van der Waals surface area (Å²) in [5, 5.41) is 0. The molecule has 4 heteroatoms. The summed E-state index contributed by atoms with van der Waals surface area (Å²) in [6, 6.07) is 10.2. The standard InChI is InChI=1S/C10H9BrN2S/c11-8-3-1-7(2-4-8)10-5-9(6-12)13-14-10/h1-5H,6,12H2. The molecule has 0 bridgehead atoms. The number of hydrogen-bond acceptors (Lipinski definition) is 3. The maximum absolute atomic E-state index is 5.50. The third kappa shape index (κ3) is 2.03. The van der Waals surface area contributed by atoms with Crippen LogP contribution in [-0.4, -0.2) is 4.37 Å². The Bertz CT molecular complexity index is 422. The Morgan fingerprint density at radius 1 is 1.29 bits per heavy atom. The van der Waals surface area contributed by atoms with Gasteiger partial charge in [-0.1, -0.05) is 28.1 Å². The molecule has 0 spiro atoms. The second kappa shape index (κ2) is 4.21. The van der Waals surface area contributed by atoms with Crippen molar-refractivity contribution < 1.29 is 0 Å². The lowest BCUT2D eigenvalue weighted by Gasteiger charge is -1.95. The van der Waals surface area contributed by atoms with Crippen molar-refractivity contribution in [1.29, 1.82) is 0 Å². The van der Waals surface area contributed by atoms with Gasteiger partial charge in [0, 0.05) is 11.0 Å². The Labute approximate surface area is 95.1 Å². The van der Waals surface area contributed by atoms with Gasteiger partial charge in [-0.3, -0.25) is 0 Å². The minimum atomic E-state index is 0.507. The molecule has 2 N–H and O–H groups in total. The zero-order chi connectivity index (χ0) is 9.97. The number of hydrogen-bond donors (Lipinski definition) is 1. The van der Waals surface area contributed by atoms with Crippen molar-refractivity contribution in [2.24, 2.45) is 5.73 Å². The van der Waals surface area contributed by atoms with Crippen LogP contribution in [0.25, 0.3) is 10.4 Å². The summed E-state index contributed by atoms with van der Waals surface area (Å²) >= 11 is 4.89. The first kappa shape index (κ1) is 9.83. The number of nitrogens with two attached hydrogens (primary N) is 1. The first-order valence-corrected chi connectivity index (χ1v) is 5.78. The highest BCUT2D eigenvalue weighted by Crippen LogP contribution is 2.25. The maximum atomic E-state index is 5.50. The summed E-state index contributed by atoms with van der Waals surface area (Å²) in [5.74, 6) is 0. The van der Waals surface area contributed by atoms with Gasteiger partial charge < -0.3 is 5.73 Å². The summed E-state index contributed by atoms with van der Waals surface area (Å²) in [6.07, 6.45) is 0. The zero-order valence-electron chi connectivity index (χ0n) is 7.40. The van der Waals surface area contributed by atoms with Gasteiger partial charge >= 0.3 is 0 Å². The molecule has 0 saturated carbocycles. The highest BCUT2D eigenvalue weighted by atomic mass is 79.9.